The maximum absolute atomic E-state index is 12.3. The Morgan fingerprint density at radius 1 is 1.00 bits per heavy atom. The molecule has 96 valence electrons. The zero-order valence-electron chi connectivity index (χ0n) is 11.3. The maximum atomic E-state index is 12.3. The molecule has 3 rings (SSSR count). The van der Waals surface area contributed by atoms with Crippen LogP contribution in [0.2, 0.25) is 0 Å². The van der Waals surface area contributed by atoms with Gasteiger partial charge in [0.1, 0.15) is 0 Å². The Morgan fingerprint density at radius 3 is 2.32 bits per heavy atom. The van der Waals surface area contributed by atoms with Crippen LogP contribution in [-0.4, -0.2) is 5.91 Å². The average molecular weight is 251 g/mol. The first kappa shape index (κ1) is 12.0. The second-order valence-corrected chi connectivity index (χ2v) is 5.29. The van der Waals surface area contributed by atoms with Gasteiger partial charge in [0.15, 0.2) is 0 Å². The minimum absolute atomic E-state index is 0.105. The third-order valence-electron chi connectivity index (χ3n) is 3.69. The molecule has 1 heterocycles. The monoisotopic (exact) mass is 251 g/mol. The zero-order chi connectivity index (χ0) is 13.4. The van der Waals surface area contributed by atoms with E-state index in [2.05, 4.69) is 26.0 Å². The predicted octanol–water partition coefficient (Wildman–Crippen LogP) is 3.97. The van der Waals surface area contributed by atoms with Crippen molar-refractivity contribution in [3.8, 4) is 0 Å². The van der Waals surface area contributed by atoms with Crippen LogP contribution < -0.4 is 4.90 Å². The molecule has 1 amide bonds. The minimum Gasteiger partial charge on any atom is -0.304 e. The van der Waals surface area contributed by atoms with Crippen LogP contribution in [0.5, 0.6) is 0 Å². The van der Waals surface area contributed by atoms with Crippen molar-refractivity contribution in [2.45, 2.75) is 26.3 Å². The lowest BCUT2D eigenvalue weighted by atomic mass is 10.0. The number of anilines is 1. The third-order valence-corrected chi connectivity index (χ3v) is 3.69. The molecule has 2 aromatic carbocycles. The number of hydrogen-bond donors (Lipinski definition) is 0. The highest BCUT2D eigenvalue weighted by molar-refractivity contribution is 6.09. The number of benzene rings is 2. The van der Waals surface area contributed by atoms with Gasteiger partial charge < -0.3 is 4.90 Å². The highest BCUT2D eigenvalue weighted by Gasteiger charge is 2.27. The summed E-state index contributed by atoms with van der Waals surface area (Å²) >= 11 is 0. The van der Waals surface area contributed by atoms with Crippen LogP contribution in [0.25, 0.3) is 0 Å². The predicted molar refractivity (Wildman–Crippen MR) is 77.5 cm³/mol. The lowest BCUT2D eigenvalue weighted by Crippen LogP contribution is -2.22. The number of fused-ring (bicyclic) bond motifs is 1. The molecule has 0 fully saturated rings. The first-order valence-corrected chi connectivity index (χ1v) is 6.66. The van der Waals surface area contributed by atoms with Gasteiger partial charge in [0.25, 0.3) is 5.91 Å². The van der Waals surface area contributed by atoms with Gasteiger partial charge in [0, 0.05) is 11.3 Å². The summed E-state index contributed by atoms with van der Waals surface area (Å²) in [5, 5.41) is 0. The molecule has 0 bridgehead atoms. The number of carbonyl (C=O) groups is 1. The van der Waals surface area contributed by atoms with Crippen molar-refractivity contribution in [2.24, 2.45) is 0 Å². The molecular weight excluding hydrogens is 234 g/mol. The molecule has 0 spiro atoms. The highest BCUT2D eigenvalue weighted by Crippen LogP contribution is 2.29. The maximum Gasteiger partial charge on any atom is 0.258 e. The lowest BCUT2D eigenvalue weighted by molar-refractivity contribution is 0.0996. The van der Waals surface area contributed by atoms with Crippen LogP contribution in [0.1, 0.15) is 41.3 Å². The van der Waals surface area contributed by atoms with E-state index in [4.69, 9.17) is 0 Å². The third kappa shape index (κ3) is 2.03. The van der Waals surface area contributed by atoms with E-state index in [9.17, 15) is 4.79 Å². The highest BCUT2D eigenvalue weighted by atomic mass is 16.2. The van der Waals surface area contributed by atoms with E-state index < -0.39 is 0 Å². The molecule has 0 N–H and O–H groups in total. The quantitative estimate of drug-likeness (QED) is 0.790. The summed E-state index contributed by atoms with van der Waals surface area (Å²) in [7, 11) is 0. The summed E-state index contributed by atoms with van der Waals surface area (Å²) in [5.74, 6) is 0.619. The Labute approximate surface area is 113 Å². The molecule has 0 aliphatic carbocycles. The normalized spacial score (nSPS) is 14.1. The van der Waals surface area contributed by atoms with Gasteiger partial charge in [0.05, 0.1) is 6.54 Å². The molecule has 1 aliphatic heterocycles. The first-order chi connectivity index (χ1) is 9.16. The standard InChI is InChI=1S/C17H17NO/c1-12(2)13-7-9-15(10-8-13)18-11-14-5-3-4-6-16(14)17(18)19/h3-10,12H,11H2,1-2H3. The van der Waals surface area contributed by atoms with Gasteiger partial charge in [-0.3, -0.25) is 4.79 Å². The van der Waals surface area contributed by atoms with Gasteiger partial charge >= 0.3 is 0 Å². The summed E-state index contributed by atoms with van der Waals surface area (Å²) in [6.07, 6.45) is 0. The molecule has 0 saturated heterocycles. The number of hydrogen-bond acceptors (Lipinski definition) is 1. The van der Waals surface area contributed by atoms with Crippen molar-refractivity contribution < 1.29 is 4.79 Å². The number of amides is 1. The van der Waals surface area contributed by atoms with Crippen LogP contribution >= 0.6 is 0 Å². The Balaban J connectivity index is 1.91. The van der Waals surface area contributed by atoms with E-state index in [0.717, 1.165) is 16.8 Å². The average Bonchev–Trinajstić information content (AvgIpc) is 2.77. The number of carbonyl (C=O) groups excluding carboxylic acids is 1. The van der Waals surface area contributed by atoms with Crippen molar-refractivity contribution in [1.29, 1.82) is 0 Å². The molecule has 19 heavy (non-hydrogen) atoms. The molecule has 2 aromatic rings. The second-order valence-electron chi connectivity index (χ2n) is 5.29. The Kier molecular flexibility index (Phi) is 2.86. The summed E-state index contributed by atoms with van der Waals surface area (Å²) in [5.41, 5.74) is 4.22. The largest absolute Gasteiger partial charge is 0.304 e. The molecule has 2 heteroatoms. The molecular formula is C17H17NO. The van der Waals surface area contributed by atoms with E-state index in [1.54, 1.807) is 0 Å². The van der Waals surface area contributed by atoms with E-state index in [0.29, 0.717) is 12.5 Å². The Hall–Kier alpha value is -2.09. The van der Waals surface area contributed by atoms with Crippen molar-refractivity contribution >= 4 is 11.6 Å². The van der Waals surface area contributed by atoms with Gasteiger partial charge in [-0.1, -0.05) is 44.2 Å². The SMILES string of the molecule is CC(C)c1ccc(N2Cc3ccccc3C2=O)cc1. The second kappa shape index (κ2) is 4.54. The van der Waals surface area contributed by atoms with E-state index in [1.807, 2.05) is 41.3 Å². The molecule has 0 aromatic heterocycles. The summed E-state index contributed by atoms with van der Waals surface area (Å²) in [6, 6.07) is 16.1. The summed E-state index contributed by atoms with van der Waals surface area (Å²) in [4.78, 5) is 14.2. The molecule has 2 nitrogen and oxygen atoms in total. The Bertz CT molecular complexity index is 613. The van der Waals surface area contributed by atoms with Gasteiger partial charge in [-0.2, -0.15) is 0 Å². The van der Waals surface area contributed by atoms with E-state index in [-0.39, 0.29) is 5.91 Å². The van der Waals surface area contributed by atoms with Crippen LogP contribution in [0.3, 0.4) is 0 Å². The van der Waals surface area contributed by atoms with E-state index >= 15 is 0 Å². The summed E-state index contributed by atoms with van der Waals surface area (Å²) in [6.45, 7) is 5.02. The lowest BCUT2D eigenvalue weighted by Gasteiger charge is -2.16. The number of rotatable bonds is 2. The molecule has 0 atom stereocenters. The molecule has 0 radical (unpaired) electrons. The number of nitrogens with zero attached hydrogens (tertiary/aromatic N) is 1. The van der Waals surface area contributed by atoms with Crippen molar-refractivity contribution in [1.82, 2.24) is 0 Å². The van der Waals surface area contributed by atoms with Gasteiger partial charge in [-0.25, -0.2) is 0 Å². The molecule has 0 unspecified atom stereocenters. The smallest absolute Gasteiger partial charge is 0.258 e. The fraction of sp³-hybridized carbons (Fsp3) is 0.235. The fourth-order valence-corrected chi connectivity index (χ4v) is 2.50. The van der Waals surface area contributed by atoms with Crippen LogP contribution in [0.4, 0.5) is 5.69 Å². The summed E-state index contributed by atoms with van der Waals surface area (Å²) < 4.78 is 0. The van der Waals surface area contributed by atoms with Crippen LogP contribution in [0.15, 0.2) is 48.5 Å². The zero-order valence-corrected chi connectivity index (χ0v) is 11.3. The van der Waals surface area contributed by atoms with Gasteiger partial charge in [0.2, 0.25) is 0 Å². The van der Waals surface area contributed by atoms with Gasteiger partial charge in [-0.15, -0.1) is 0 Å². The van der Waals surface area contributed by atoms with E-state index in [1.165, 1.54) is 5.56 Å². The minimum atomic E-state index is 0.105. The molecule has 0 saturated carbocycles. The van der Waals surface area contributed by atoms with Crippen LogP contribution in [-0.2, 0) is 6.54 Å². The van der Waals surface area contributed by atoms with Crippen molar-refractivity contribution in [3.05, 3.63) is 65.2 Å². The first-order valence-electron chi connectivity index (χ1n) is 6.66. The Morgan fingerprint density at radius 2 is 1.68 bits per heavy atom. The van der Waals surface area contributed by atoms with Crippen molar-refractivity contribution in [3.63, 3.8) is 0 Å². The van der Waals surface area contributed by atoms with Crippen molar-refractivity contribution in [2.75, 3.05) is 4.90 Å². The van der Waals surface area contributed by atoms with Gasteiger partial charge in [-0.05, 0) is 35.2 Å². The topological polar surface area (TPSA) is 20.3 Å². The fourth-order valence-electron chi connectivity index (χ4n) is 2.50. The molecule has 1 aliphatic rings. The van der Waals surface area contributed by atoms with Crippen LogP contribution in [0, 0.1) is 0 Å².